The minimum absolute atomic E-state index is 0.150. The lowest BCUT2D eigenvalue weighted by atomic mass is 10.1. The molecule has 2 rings (SSSR count). The summed E-state index contributed by atoms with van der Waals surface area (Å²) < 4.78 is 6.41. The summed E-state index contributed by atoms with van der Waals surface area (Å²) in [6, 6.07) is 11.2. The highest BCUT2D eigenvalue weighted by atomic mass is 79.9. The average Bonchev–Trinajstić information content (AvgIpc) is 2.44. The normalized spacial score (nSPS) is 10.2. The molecule has 0 saturated heterocycles. The molecule has 0 spiro atoms. The second-order valence-corrected chi connectivity index (χ2v) is 5.00. The second-order valence-electron chi connectivity index (χ2n) is 4.08. The van der Waals surface area contributed by atoms with Crippen molar-refractivity contribution in [1.29, 1.82) is 0 Å². The first-order valence-electron chi connectivity index (χ1n) is 6.07. The van der Waals surface area contributed by atoms with E-state index in [2.05, 4.69) is 20.9 Å². The van der Waals surface area contributed by atoms with E-state index >= 15 is 0 Å². The van der Waals surface area contributed by atoms with Crippen LogP contribution in [-0.4, -0.2) is 17.4 Å². The number of nitrogens with zero attached hydrogens (tertiary/aromatic N) is 1. The largest absolute Gasteiger partial charge is 0.492 e. The summed E-state index contributed by atoms with van der Waals surface area (Å²) in [4.78, 5) is 15.8. The number of benzene rings is 1. The quantitative estimate of drug-likeness (QED) is 0.599. The van der Waals surface area contributed by atoms with E-state index < -0.39 is 0 Å². The van der Waals surface area contributed by atoms with E-state index in [1.54, 1.807) is 12.4 Å². The number of ether oxygens (including phenoxy) is 1. The fourth-order valence-corrected chi connectivity index (χ4v) is 2.01. The van der Waals surface area contributed by atoms with Crippen molar-refractivity contribution in [3.05, 3.63) is 58.8 Å². The van der Waals surface area contributed by atoms with E-state index in [4.69, 9.17) is 4.74 Å². The van der Waals surface area contributed by atoms with Crippen molar-refractivity contribution in [3.8, 4) is 5.75 Å². The van der Waals surface area contributed by atoms with Crippen LogP contribution in [-0.2, 0) is 0 Å². The van der Waals surface area contributed by atoms with E-state index in [1.165, 1.54) is 0 Å². The predicted octanol–water partition coefficient (Wildman–Crippen LogP) is 3.89. The molecule has 98 valence electrons. The van der Waals surface area contributed by atoms with Crippen molar-refractivity contribution in [2.45, 2.75) is 12.8 Å². The molecule has 19 heavy (non-hydrogen) atoms. The molecule has 1 aromatic heterocycles. The first kappa shape index (κ1) is 13.7. The van der Waals surface area contributed by atoms with Gasteiger partial charge in [-0.15, -0.1) is 0 Å². The van der Waals surface area contributed by atoms with Crippen LogP contribution in [0.3, 0.4) is 0 Å². The van der Waals surface area contributed by atoms with Crippen LogP contribution in [0.2, 0.25) is 0 Å². The third-order valence-electron chi connectivity index (χ3n) is 2.59. The summed E-state index contributed by atoms with van der Waals surface area (Å²) >= 11 is 3.33. The van der Waals surface area contributed by atoms with Crippen LogP contribution in [0.4, 0.5) is 0 Å². The van der Waals surface area contributed by atoms with Crippen molar-refractivity contribution in [2.75, 3.05) is 6.61 Å². The van der Waals surface area contributed by atoms with Gasteiger partial charge >= 0.3 is 0 Å². The molecule has 0 aliphatic heterocycles. The maximum Gasteiger partial charge on any atom is 0.163 e. The minimum atomic E-state index is 0.150. The number of halogens is 1. The van der Waals surface area contributed by atoms with Gasteiger partial charge in [0.25, 0.3) is 0 Å². The Morgan fingerprint density at radius 2 is 2.00 bits per heavy atom. The number of pyridine rings is 1. The highest BCUT2D eigenvalue weighted by Gasteiger charge is 2.04. The molecule has 0 atom stereocenters. The molecule has 2 aromatic rings. The Bertz CT molecular complexity index is 543. The van der Waals surface area contributed by atoms with Crippen molar-refractivity contribution >= 4 is 21.7 Å². The Morgan fingerprint density at radius 3 is 2.74 bits per heavy atom. The summed E-state index contributed by atoms with van der Waals surface area (Å²) in [6.07, 6.45) is 4.54. The first-order valence-corrected chi connectivity index (χ1v) is 6.86. The lowest BCUT2D eigenvalue weighted by Crippen LogP contribution is -2.03. The highest BCUT2D eigenvalue weighted by molar-refractivity contribution is 9.10. The topological polar surface area (TPSA) is 39.2 Å². The number of Topliss-reactive ketones (excluding diaryl/α,β-unsaturated/α-hetero) is 1. The summed E-state index contributed by atoms with van der Waals surface area (Å²) in [5.74, 6) is 0.859. The third-order valence-corrected chi connectivity index (χ3v) is 3.03. The number of hydrogen-bond donors (Lipinski definition) is 0. The highest BCUT2D eigenvalue weighted by Crippen LogP contribution is 2.16. The third kappa shape index (κ3) is 4.48. The van der Waals surface area contributed by atoms with E-state index in [9.17, 15) is 4.79 Å². The van der Waals surface area contributed by atoms with Gasteiger partial charge in [0.15, 0.2) is 5.78 Å². The summed E-state index contributed by atoms with van der Waals surface area (Å²) in [5.41, 5.74) is 0.756. The number of rotatable bonds is 6. The Kier molecular flexibility index (Phi) is 5.10. The molecule has 1 heterocycles. The molecule has 0 saturated carbocycles. The van der Waals surface area contributed by atoms with Gasteiger partial charge in [-0.25, -0.2) is 0 Å². The summed E-state index contributed by atoms with van der Waals surface area (Å²) in [7, 11) is 0. The van der Waals surface area contributed by atoms with Crippen LogP contribution in [0.25, 0.3) is 0 Å². The Labute approximate surface area is 120 Å². The van der Waals surface area contributed by atoms with Gasteiger partial charge in [0.05, 0.1) is 12.8 Å². The minimum Gasteiger partial charge on any atom is -0.492 e. The Balaban J connectivity index is 1.74. The molecule has 0 radical (unpaired) electrons. The molecular weight excluding hydrogens is 306 g/mol. The Morgan fingerprint density at radius 1 is 1.21 bits per heavy atom. The van der Waals surface area contributed by atoms with Crippen molar-refractivity contribution < 1.29 is 9.53 Å². The van der Waals surface area contributed by atoms with Crippen LogP contribution in [0, 0.1) is 0 Å². The van der Waals surface area contributed by atoms with Crippen LogP contribution in [0.15, 0.2) is 53.3 Å². The number of ketones is 1. The molecule has 3 nitrogen and oxygen atoms in total. The molecule has 0 N–H and O–H groups in total. The molecule has 0 unspecified atom stereocenters. The van der Waals surface area contributed by atoms with Gasteiger partial charge in [-0.2, -0.15) is 0 Å². The predicted molar refractivity (Wildman–Crippen MR) is 77.4 cm³/mol. The monoisotopic (exact) mass is 319 g/mol. The van der Waals surface area contributed by atoms with Crippen LogP contribution in [0.1, 0.15) is 23.2 Å². The summed E-state index contributed by atoms with van der Waals surface area (Å²) in [6.45, 7) is 0.511. The Hall–Kier alpha value is -1.68. The zero-order valence-electron chi connectivity index (χ0n) is 10.4. The average molecular weight is 320 g/mol. The fraction of sp³-hybridized carbons (Fsp3) is 0.200. The van der Waals surface area contributed by atoms with E-state index in [0.29, 0.717) is 25.2 Å². The maximum absolute atomic E-state index is 11.8. The fourth-order valence-electron chi connectivity index (χ4n) is 1.66. The molecular formula is C15H14BrNO2. The molecule has 0 fully saturated rings. The standard InChI is InChI=1S/C15H14BrNO2/c16-13-9-14(11-17-10-13)19-8-4-7-15(18)12-5-2-1-3-6-12/h1-3,5-6,9-11H,4,7-8H2. The second kappa shape index (κ2) is 7.04. The smallest absolute Gasteiger partial charge is 0.163 e. The van der Waals surface area contributed by atoms with Crippen LogP contribution >= 0.6 is 15.9 Å². The molecule has 0 aliphatic carbocycles. The van der Waals surface area contributed by atoms with Gasteiger partial charge in [0.1, 0.15) is 5.75 Å². The van der Waals surface area contributed by atoms with Crippen molar-refractivity contribution in [2.24, 2.45) is 0 Å². The summed E-state index contributed by atoms with van der Waals surface area (Å²) in [5, 5.41) is 0. The molecule has 1 aromatic carbocycles. The van der Waals surface area contributed by atoms with Gasteiger partial charge in [0.2, 0.25) is 0 Å². The zero-order valence-corrected chi connectivity index (χ0v) is 12.0. The number of hydrogen-bond acceptors (Lipinski definition) is 3. The van der Waals surface area contributed by atoms with E-state index in [1.807, 2.05) is 36.4 Å². The molecule has 4 heteroatoms. The molecule has 0 bridgehead atoms. The van der Waals surface area contributed by atoms with Gasteiger partial charge in [0, 0.05) is 22.7 Å². The van der Waals surface area contributed by atoms with Crippen molar-refractivity contribution in [3.63, 3.8) is 0 Å². The van der Waals surface area contributed by atoms with Crippen LogP contribution in [0.5, 0.6) is 5.75 Å². The number of carbonyl (C=O) groups excluding carboxylic acids is 1. The molecule has 0 amide bonds. The van der Waals surface area contributed by atoms with Gasteiger partial charge in [-0.3, -0.25) is 9.78 Å². The van der Waals surface area contributed by atoms with Gasteiger partial charge < -0.3 is 4.74 Å². The SMILES string of the molecule is O=C(CCCOc1cncc(Br)c1)c1ccccc1. The molecule has 0 aliphatic rings. The van der Waals surface area contributed by atoms with E-state index in [0.717, 1.165) is 10.0 Å². The van der Waals surface area contributed by atoms with Gasteiger partial charge in [-0.05, 0) is 28.4 Å². The zero-order chi connectivity index (χ0) is 13.5. The van der Waals surface area contributed by atoms with E-state index in [-0.39, 0.29) is 5.78 Å². The number of aromatic nitrogens is 1. The lowest BCUT2D eigenvalue weighted by Gasteiger charge is -2.05. The van der Waals surface area contributed by atoms with Crippen molar-refractivity contribution in [1.82, 2.24) is 4.98 Å². The lowest BCUT2D eigenvalue weighted by molar-refractivity contribution is 0.0973. The van der Waals surface area contributed by atoms with Crippen LogP contribution < -0.4 is 4.74 Å². The number of carbonyl (C=O) groups is 1. The van der Waals surface area contributed by atoms with Gasteiger partial charge in [-0.1, -0.05) is 30.3 Å². The first-order chi connectivity index (χ1) is 9.25. The maximum atomic E-state index is 11.8.